The average Bonchev–Trinajstić information content (AvgIpc) is 3.84. The van der Waals surface area contributed by atoms with Crippen LogP contribution in [0.4, 0.5) is 19.1 Å². The Morgan fingerprint density at radius 1 is 1.00 bits per heavy atom. The summed E-state index contributed by atoms with van der Waals surface area (Å²) in [5, 5.41) is 3.77. The minimum atomic E-state index is -4.60. The zero-order valence-electron chi connectivity index (χ0n) is 21.5. The van der Waals surface area contributed by atoms with Crippen molar-refractivity contribution in [2.45, 2.75) is 48.7 Å². The molecule has 0 radical (unpaired) electrons. The number of benzene rings is 2. The lowest BCUT2D eigenvalue weighted by Crippen LogP contribution is -2.40. The van der Waals surface area contributed by atoms with Gasteiger partial charge < -0.3 is 15.8 Å². The van der Waals surface area contributed by atoms with Crippen molar-refractivity contribution in [2.24, 2.45) is 11.1 Å². The Bertz CT molecular complexity index is 1540. The van der Waals surface area contributed by atoms with Gasteiger partial charge in [0.1, 0.15) is 5.82 Å². The summed E-state index contributed by atoms with van der Waals surface area (Å²) >= 11 is 6.00. The van der Waals surface area contributed by atoms with Gasteiger partial charge in [-0.1, -0.05) is 35.9 Å². The Hall–Kier alpha value is -3.49. The highest BCUT2D eigenvalue weighted by atomic mass is 35.5. The number of rotatable bonds is 11. The second kappa shape index (κ2) is 10.7. The third kappa shape index (κ3) is 6.88. The first-order valence-electron chi connectivity index (χ1n) is 12.7. The van der Waals surface area contributed by atoms with Crippen molar-refractivity contribution >= 4 is 33.5 Å². The van der Waals surface area contributed by atoms with E-state index in [0.717, 1.165) is 18.4 Å². The second-order valence-electron chi connectivity index (χ2n) is 10.2. The van der Waals surface area contributed by atoms with Crippen LogP contribution in [0.15, 0.2) is 53.4 Å². The number of nitrogens with one attached hydrogen (secondary N) is 2. The molecule has 5 rings (SSSR count). The summed E-state index contributed by atoms with van der Waals surface area (Å²) < 4.78 is 70.7. The lowest BCUT2D eigenvalue weighted by molar-refractivity contribution is -0.154. The van der Waals surface area contributed by atoms with Crippen molar-refractivity contribution in [1.82, 2.24) is 19.7 Å². The Morgan fingerprint density at radius 3 is 2.22 bits per heavy atom. The second-order valence-corrected chi connectivity index (χ2v) is 12.3. The Kier molecular flexibility index (Phi) is 7.59. The topological polar surface area (TPSA) is 149 Å². The highest BCUT2D eigenvalue weighted by Crippen LogP contribution is 2.48. The van der Waals surface area contributed by atoms with E-state index in [1.165, 1.54) is 24.3 Å². The summed E-state index contributed by atoms with van der Waals surface area (Å²) in [6.45, 7) is -1.52. The molecule has 2 saturated carbocycles. The van der Waals surface area contributed by atoms with E-state index in [9.17, 15) is 26.4 Å². The molecule has 4 N–H and O–H groups in total. The first kappa shape index (κ1) is 29.0. The van der Waals surface area contributed by atoms with Crippen molar-refractivity contribution in [3.05, 3.63) is 70.5 Å². The number of hydrogen-bond donors (Lipinski definition) is 3. The maximum atomic E-state index is 12.8. The van der Waals surface area contributed by atoms with Crippen molar-refractivity contribution in [2.75, 3.05) is 18.5 Å². The van der Waals surface area contributed by atoms with E-state index in [2.05, 4.69) is 25.0 Å². The van der Waals surface area contributed by atoms with Gasteiger partial charge in [0.05, 0.1) is 15.8 Å². The zero-order chi connectivity index (χ0) is 29.5. The van der Waals surface area contributed by atoms with Crippen molar-refractivity contribution in [3.8, 4) is 6.01 Å². The normalized spacial score (nSPS) is 17.0. The monoisotopic (exact) mass is 610 g/mol. The number of ether oxygens (including phenoxy) is 1. The summed E-state index contributed by atoms with van der Waals surface area (Å²) in [6, 6.07) is 12.3. The quantitative estimate of drug-likeness (QED) is 0.295. The maximum absolute atomic E-state index is 12.8. The van der Waals surface area contributed by atoms with Gasteiger partial charge >= 0.3 is 12.2 Å². The molecule has 1 aromatic heterocycles. The number of halogens is 4. The molecule has 0 saturated heterocycles. The Labute approximate surface area is 238 Å². The minimum absolute atomic E-state index is 0.0374. The smallest absolute Gasteiger partial charge is 0.422 e. The number of hydrogen-bond acceptors (Lipinski definition) is 9. The fourth-order valence-corrected chi connectivity index (χ4v) is 5.47. The number of nitrogens with two attached hydrogens (primary N) is 1. The first-order chi connectivity index (χ1) is 19.3. The number of amides is 1. The fraction of sp³-hybridized carbons (Fsp3) is 0.385. The molecule has 2 aromatic carbocycles. The molecule has 2 aliphatic carbocycles. The summed E-state index contributed by atoms with van der Waals surface area (Å²) in [5.74, 6) is -0.489. The molecule has 0 spiro atoms. The summed E-state index contributed by atoms with van der Waals surface area (Å²) in [5.41, 5.74) is 5.75. The first-order valence-corrected chi connectivity index (χ1v) is 14.5. The van der Waals surface area contributed by atoms with Crippen LogP contribution in [0.25, 0.3) is 0 Å². The largest absolute Gasteiger partial charge is 0.454 e. The molecule has 3 aromatic rings. The van der Waals surface area contributed by atoms with E-state index in [-0.39, 0.29) is 29.6 Å². The lowest BCUT2D eigenvalue weighted by atomic mass is 10.1. The van der Waals surface area contributed by atoms with Crippen molar-refractivity contribution < 1.29 is 31.1 Å². The number of sulfonamides is 1. The molecule has 0 bridgehead atoms. The van der Waals surface area contributed by atoms with Gasteiger partial charge in [-0.05, 0) is 61.1 Å². The van der Waals surface area contributed by atoms with Crippen LogP contribution in [0, 0.1) is 5.41 Å². The van der Waals surface area contributed by atoms with Gasteiger partial charge in [0.25, 0.3) is 10.0 Å². The molecular formula is C26H26ClF3N6O4S. The molecule has 2 fully saturated rings. The van der Waals surface area contributed by atoms with Gasteiger partial charge in [0.2, 0.25) is 11.9 Å². The molecule has 0 unspecified atom stereocenters. The molecule has 1 amide bonds. The minimum Gasteiger partial charge on any atom is -0.454 e. The van der Waals surface area contributed by atoms with Gasteiger partial charge in [-0.3, -0.25) is 4.79 Å². The van der Waals surface area contributed by atoms with E-state index in [4.69, 9.17) is 22.1 Å². The fourth-order valence-electron chi connectivity index (χ4n) is 4.27. The van der Waals surface area contributed by atoms with E-state index >= 15 is 0 Å². The van der Waals surface area contributed by atoms with Gasteiger partial charge in [0.15, 0.2) is 6.61 Å². The third-order valence-electron chi connectivity index (χ3n) is 7.07. The number of nitrogens with zero attached hydrogens (tertiary/aromatic N) is 3. The van der Waals surface area contributed by atoms with E-state index < -0.39 is 45.7 Å². The van der Waals surface area contributed by atoms with Gasteiger partial charge in [-0.25, -0.2) is 13.1 Å². The number of carbonyl (C=O) groups excluding carboxylic acids is 1. The number of carbonyl (C=O) groups is 1. The zero-order valence-corrected chi connectivity index (χ0v) is 23.1. The third-order valence-corrected chi connectivity index (χ3v) is 8.67. The van der Waals surface area contributed by atoms with Crippen LogP contribution in [-0.2, 0) is 26.8 Å². The van der Waals surface area contributed by atoms with E-state index in [1.54, 1.807) is 12.1 Å². The van der Waals surface area contributed by atoms with Gasteiger partial charge in [-0.2, -0.15) is 28.1 Å². The standard InChI is InChI=1S/C26H26ClF3N6O4S/c27-18-5-3-17(4-6-18)25(11-12-25)35-22-32-20(33-23(34-22)40-15-26(28,29)30)13-16-1-7-19(8-2-16)41(38,39)36-21(37)24(14-31)9-10-24/h1-8H,9-15,31H2,(H,36,37)(H,32,33,34,35). The van der Waals surface area contributed by atoms with Gasteiger partial charge in [0, 0.05) is 18.0 Å². The van der Waals surface area contributed by atoms with Crippen molar-refractivity contribution in [1.29, 1.82) is 0 Å². The molecule has 10 nitrogen and oxygen atoms in total. The van der Waals surface area contributed by atoms with Crippen molar-refractivity contribution in [3.63, 3.8) is 0 Å². The molecule has 41 heavy (non-hydrogen) atoms. The molecular weight excluding hydrogens is 585 g/mol. The predicted octanol–water partition coefficient (Wildman–Crippen LogP) is 3.70. The van der Waals surface area contributed by atoms with Crippen LogP contribution in [0.5, 0.6) is 6.01 Å². The molecule has 0 aliphatic heterocycles. The predicted molar refractivity (Wildman–Crippen MR) is 143 cm³/mol. The van der Waals surface area contributed by atoms with Crippen LogP contribution >= 0.6 is 11.6 Å². The van der Waals surface area contributed by atoms with Crippen LogP contribution in [0.2, 0.25) is 5.02 Å². The van der Waals surface area contributed by atoms with Crippen LogP contribution in [0.1, 0.15) is 42.6 Å². The Morgan fingerprint density at radius 2 is 1.66 bits per heavy atom. The highest BCUT2D eigenvalue weighted by Gasteiger charge is 2.50. The van der Waals surface area contributed by atoms with E-state index in [0.29, 0.717) is 23.4 Å². The van der Waals surface area contributed by atoms with Crippen LogP contribution in [-0.4, -0.2) is 48.6 Å². The average molecular weight is 611 g/mol. The van der Waals surface area contributed by atoms with Gasteiger partial charge in [-0.15, -0.1) is 0 Å². The van der Waals surface area contributed by atoms with Crippen LogP contribution in [0.3, 0.4) is 0 Å². The summed E-state index contributed by atoms with van der Waals surface area (Å²) in [6.07, 6.45) is -2.01. The molecule has 15 heteroatoms. The van der Waals surface area contributed by atoms with E-state index in [1.807, 2.05) is 12.1 Å². The summed E-state index contributed by atoms with van der Waals surface area (Å²) in [4.78, 5) is 24.7. The Balaban J connectivity index is 1.35. The maximum Gasteiger partial charge on any atom is 0.422 e. The number of alkyl halides is 3. The molecule has 2 aliphatic rings. The molecule has 218 valence electrons. The SMILES string of the molecule is NCC1(C(=O)NS(=O)(=O)c2ccc(Cc3nc(NC4(c5ccc(Cl)cc5)CC4)nc(OCC(F)(F)F)n3)cc2)CC1. The highest BCUT2D eigenvalue weighted by molar-refractivity contribution is 7.90. The lowest BCUT2D eigenvalue weighted by Gasteiger charge is -2.19. The summed E-state index contributed by atoms with van der Waals surface area (Å²) in [7, 11) is -4.12. The molecule has 0 atom stereocenters. The number of anilines is 1. The van der Waals surface area contributed by atoms with Crippen LogP contribution < -0.4 is 20.5 Å². The molecule has 1 heterocycles. The number of aromatic nitrogens is 3.